The van der Waals surface area contributed by atoms with E-state index in [1.54, 1.807) is 12.3 Å². The van der Waals surface area contributed by atoms with Crippen LogP contribution in [0.5, 0.6) is 0 Å². The van der Waals surface area contributed by atoms with E-state index in [0.717, 1.165) is 5.69 Å². The molecule has 1 heterocycles. The smallest absolute Gasteiger partial charge is 0.316 e. The second-order valence-corrected chi connectivity index (χ2v) is 4.33. The van der Waals surface area contributed by atoms with Gasteiger partial charge in [-0.05, 0) is 12.1 Å². The predicted molar refractivity (Wildman–Crippen MR) is 53.5 cm³/mol. The van der Waals surface area contributed by atoms with Crippen LogP contribution < -0.4 is 0 Å². The lowest BCUT2D eigenvalue weighted by Crippen LogP contribution is -2.13. The van der Waals surface area contributed by atoms with Crippen LogP contribution in [0.1, 0.15) is 5.69 Å². The number of carboxylic acids is 1. The number of hydrogen-bond acceptors (Lipinski definition) is 3. The van der Waals surface area contributed by atoms with E-state index < -0.39 is 16.8 Å². The van der Waals surface area contributed by atoms with Crippen LogP contribution in [0.3, 0.4) is 0 Å². The molecule has 0 radical (unpaired) electrons. The number of rotatable bonds is 5. The quantitative estimate of drug-likeness (QED) is 0.771. The van der Waals surface area contributed by atoms with Crippen molar-refractivity contribution in [3.63, 3.8) is 0 Å². The molecule has 0 spiro atoms. The van der Waals surface area contributed by atoms with E-state index in [2.05, 4.69) is 4.98 Å². The van der Waals surface area contributed by atoms with Gasteiger partial charge in [-0.2, -0.15) is 0 Å². The molecule has 0 saturated carbocycles. The van der Waals surface area contributed by atoms with Crippen LogP contribution in [0, 0.1) is 0 Å². The maximum absolute atomic E-state index is 11.1. The van der Waals surface area contributed by atoms with Gasteiger partial charge in [-0.1, -0.05) is 6.07 Å². The van der Waals surface area contributed by atoms with Crippen molar-refractivity contribution in [3.8, 4) is 0 Å². The van der Waals surface area contributed by atoms with Crippen LogP contribution in [0.4, 0.5) is 0 Å². The first-order valence-corrected chi connectivity index (χ1v) is 5.64. The third kappa shape index (κ3) is 4.13. The first kappa shape index (κ1) is 10.8. The molecule has 5 heteroatoms. The molecular formula is C9H11NO3S. The summed E-state index contributed by atoms with van der Waals surface area (Å²) in [5, 5.41) is 8.37. The minimum absolute atomic E-state index is 0.285. The minimum atomic E-state index is -1.29. The Bertz CT molecular complexity index is 326. The maximum Gasteiger partial charge on any atom is 0.316 e. The van der Waals surface area contributed by atoms with E-state index in [1.807, 2.05) is 12.1 Å². The van der Waals surface area contributed by atoms with Crippen molar-refractivity contribution in [1.82, 2.24) is 4.98 Å². The van der Waals surface area contributed by atoms with Crippen molar-refractivity contribution < 1.29 is 14.1 Å². The summed E-state index contributed by atoms with van der Waals surface area (Å²) in [7, 11) is -1.29. The molecule has 0 aliphatic carbocycles. The maximum atomic E-state index is 11.1. The summed E-state index contributed by atoms with van der Waals surface area (Å²) in [6.07, 6.45) is 2.22. The van der Waals surface area contributed by atoms with Gasteiger partial charge in [0, 0.05) is 34.9 Å². The van der Waals surface area contributed by atoms with Gasteiger partial charge in [-0.15, -0.1) is 0 Å². The average molecular weight is 213 g/mol. The van der Waals surface area contributed by atoms with Crippen molar-refractivity contribution in [2.24, 2.45) is 0 Å². The normalized spacial score (nSPS) is 12.3. The van der Waals surface area contributed by atoms with E-state index in [-0.39, 0.29) is 5.75 Å². The van der Waals surface area contributed by atoms with Crippen LogP contribution in [-0.2, 0) is 22.0 Å². The van der Waals surface area contributed by atoms with Crippen LogP contribution in [-0.4, -0.2) is 31.8 Å². The molecule has 76 valence electrons. The zero-order valence-corrected chi connectivity index (χ0v) is 8.37. The first-order chi connectivity index (χ1) is 6.68. The SMILES string of the molecule is O=C(O)CS(=O)CCc1ccccn1. The second kappa shape index (κ2) is 5.49. The van der Waals surface area contributed by atoms with Gasteiger partial charge in [0.15, 0.2) is 0 Å². The Morgan fingerprint density at radius 3 is 2.86 bits per heavy atom. The molecule has 14 heavy (non-hydrogen) atoms. The summed E-state index contributed by atoms with van der Waals surface area (Å²) in [5.41, 5.74) is 0.839. The fourth-order valence-corrected chi connectivity index (χ4v) is 1.83. The van der Waals surface area contributed by atoms with Crippen molar-refractivity contribution >= 4 is 16.8 Å². The third-order valence-corrected chi connectivity index (χ3v) is 2.82. The van der Waals surface area contributed by atoms with Crippen molar-refractivity contribution in [1.29, 1.82) is 0 Å². The molecule has 1 aromatic rings. The van der Waals surface area contributed by atoms with E-state index in [4.69, 9.17) is 5.11 Å². The molecule has 1 N–H and O–H groups in total. The lowest BCUT2D eigenvalue weighted by molar-refractivity contribution is -0.133. The number of aromatic nitrogens is 1. The highest BCUT2D eigenvalue weighted by Crippen LogP contribution is 1.96. The lowest BCUT2D eigenvalue weighted by Gasteiger charge is -1.98. The molecule has 1 unspecified atom stereocenters. The number of hydrogen-bond donors (Lipinski definition) is 1. The highest BCUT2D eigenvalue weighted by Gasteiger charge is 2.05. The van der Waals surface area contributed by atoms with Crippen LogP contribution >= 0.6 is 0 Å². The largest absolute Gasteiger partial charge is 0.481 e. The standard InChI is InChI=1S/C9H11NO3S/c11-9(12)7-14(13)6-4-8-3-1-2-5-10-8/h1-3,5H,4,6-7H2,(H,11,12). The molecule has 0 aromatic carbocycles. The predicted octanol–water partition coefficient (Wildman–Crippen LogP) is 0.457. The van der Waals surface area contributed by atoms with Gasteiger partial charge in [0.1, 0.15) is 5.75 Å². The van der Waals surface area contributed by atoms with Gasteiger partial charge in [0.2, 0.25) is 0 Å². The summed E-state index contributed by atoms with van der Waals surface area (Å²) in [6.45, 7) is 0. The van der Waals surface area contributed by atoms with Gasteiger partial charge in [-0.3, -0.25) is 14.0 Å². The Morgan fingerprint density at radius 1 is 1.50 bits per heavy atom. The molecule has 4 nitrogen and oxygen atoms in total. The summed E-state index contributed by atoms with van der Waals surface area (Å²) >= 11 is 0. The highest BCUT2D eigenvalue weighted by molar-refractivity contribution is 7.85. The fourth-order valence-electron chi connectivity index (χ4n) is 0.974. The van der Waals surface area contributed by atoms with Crippen molar-refractivity contribution in [2.75, 3.05) is 11.5 Å². The van der Waals surface area contributed by atoms with Crippen LogP contribution in [0.15, 0.2) is 24.4 Å². The number of nitrogens with zero attached hydrogens (tertiary/aromatic N) is 1. The number of aliphatic carboxylic acids is 1. The molecule has 0 fully saturated rings. The Labute approximate surface area is 84.4 Å². The summed E-state index contributed by atoms with van der Waals surface area (Å²) < 4.78 is 11.1. The average Bonchev–Trinajstić information content (AvgIpc) is 2.15. The number of carbonyl (C=O) groups is 1. The highest BCUT2D eigenvalue weighted by atomic mass is 32.2. The molecule has 1 aromatic heterocycles. The molecular weight excluding hydrogens is 202 g/mol. The summed E-state index contributed by atoms with van der Waals surface area (Å²) in [6, 6.07) is 5.48. The van der Waals surface area contributed by atoms with Gasteiger partial charge < -0.3 is 5.11 Å². The van der Waals surface area contributed by atoms with E-state index in [0.29, 0.717) is 12.2 Å². The van der Waals surface area contributed by atoms with Gasteiger partial charge >= 0.3 is 5.97 Å². The van der Waals surface area contributed by atoms with Gasteiger partial charge in [0.25, 0.3) is 0 Å². The monoisotopic (exact) mass is 213 g/mol. The fraction of sp³-hybridized carbons (Fsp3) is 0.333. The van der Waals surface area contributed by atoms with E-state index >= 15 is 0 Å². The molecule has 1 rings (SSSR count). The van der Waals surface area contributed by atoms with E-state index in [9.17, 15) is 9.00 Å². The summed E-state index contributed by atoms with van der Waals surface area (Å²) in [5.74, 6) is -0.958. The lowest BCUT2D eigenvalue weighted by atomic mass is 10.3. The molecule has 0 aliphatic rings. The minimum Gasteiger partial charge on any atom is -0.481 e. The van der Waals surface area contributed by atoms with Gasteiger partial charge in [0.05, 0.1) is 0 Å². The van der Waals surface area contributed by atoms with Gasteiger partial charge in [-0.25, -0.2) is 0 Å². The Kier molecular flexibility index (Phi) is 4.25. The molecule has 0 amide bonds. The van der Waals surface area contributed by atoms with Crippen molar-refractivity contribution in [3.05, 3.63) is 30.1 Å². The molecule has 0 bridgehead atoms. The molecule has 1 atom stereocenters. The summed E-state index contributed by atoms with van der Waals surface area (Å²) in [4.78, 5) is 14.3. The molecule has 0 aliphatic heterocycles. The molecule has 0 saturated heterocycles. The van der Waals surface area contributed by atoms with Crippen LogP contribution in [0.25, 0.3) is 0 Å². The van der Waals surface area contributed by atoms with Crippen molar-refractivity contribution in [2.45, 2.75) is 6.42 Å². The number of pyridine rings is 1. The first-order valence-electron chi connectivity index (χ1n) is 4.15. The Hall–Kier alpha value is -1.23. The third-order valence-electron chi connectivity index (χ3n) is 1.60. The topological polar surface area (TPSA) is 67.3 Å². The second-order valence-electron chi connectivity index (χ2n) is 2.75. The Morgan fingerprint density at radius 2 is 2.29 bits per heavy atom. The van der Waals surface area contributed by atoms with E-state index in [1.165, 1.54) is 0 Å². The zero-order valence-electron chi connectivity index (χ0n) is 7.55. The zero-order chi connectivity index (χ0) is 10.4. The Balaban J connectivity index is 2.34. The number of carboxylic acid groups (broad SMARTS) is 1. The number of aryl methyl sites for hydroxylation is 1. The van der Waals surface area contributed by atoms with Crippen LogP contribution in [0.2, 0.25) is 0 Å².